The first-order chi connectivity index (χ1) is 8.45. The average Bonchev–Trinajstić information content (AvgIpc) is 2.59. The van der Waals surface area contributed by atoms with Crippen LogP contribution in [0.25, 0.3) is 0 Å². The van der Waals surface area contributed by atoms with Gasteiger partial charge in [0.05, 0.1) is 24.9 Å². The van der Waals surface area contributed by atoms with Gasteiger partial charge in [-0.1, -0.05) is 0 Å². The Morgan fingerprint density at radius 3 is 2.67 bits per heavy atom. The number of hydrogen-bond acceptors (Lipinski definition) is 4. The van der Waals surface area contributed by atoms with Crippen LogP contribution >= 0.6 is 0 Å². The number of allylic oxidation sites excluding steroid dienone is 1. The fourth-order valence-electron chi connectivity index (χ4n) is 1.94. The number of aliphatic hydroxyl groups excluding tert-OH is 2. The number of hydrogen-bond donors (Lipinski definition) is 3. The van der Waals surface area contributed by atoms with Crippen LogP contribution in [0, 0.1) is 5.82 Å². The van der Waals surface area contributed by atoms with E-state index in [1.807, 2.05) is 0 Å². The van der Waals surface area contributed by atoms with Gasteiger partial charge in [-0.05, 0) is 0 Å². The first-order valence-electron chi connectivity index (χ1n) is 5.14. The van der Waals surface area contributed by atoms with Crippen molar-refractivity contribution in [1.82, 2.24) is 9.55 Å². The number of aromatic nitrogens is 2. The first-order valence-corrected chi connectivity index (χ1v) is 5.14. The topological polar surface area (TPSA) is 95.3 Å². The van der Waals surface area contributed by atoms with Gasteiger partial charge in [0, 0.05) is 12.0 Å². The lowest BCUT2D eigenvalue weighted by molar-refractivity contribution is 0.181. The highest BCUT2D eigenvalue weighted by Gasteiger charge is 2.34. The van der Waals surface area contributed by atoms with Gasteiger partial charge < -0.3 is 10.2 Å². The normalized spacial score (nSPS) is 23.8. The quantitative estimate of drug-likeness (QED) is 0.648. The number of H-pyrrole nitrogens is 1. The molecule has 2 rings (SSSR count). The second-order valence-corrected chi connectivity index (χ2v) is 3.94. The number of rotatable bonds is 2. The minimum Gasteiger partial charge on any atom is -0.392 e. The molecule has 1 aliphatic carbocycles. The van der Waals surface area contributed by atoms with Gasteiger partial charge in [-0.3, -0.25) is 14.3 Å². The number of halogens is 2. The monoisotopic (exact) mass is 260 g/mol. The molecule has 0 aliphatic heterocycles. The highest BCUT2D eigenvalue weighted by molar-refractivity contribution is 5.24. The molecule has 18 heavy (non-hydrogen) atoms. The summed E-state index contributed by atoms with van der Waals surface area (Å²) < 4.78 is 27.5. The van der Waals surface area contributed by atoms with E-state index in [0.717, 1.165) is 0 Å². The van der Waals surface area contributed by atoms with Crippen LogP contribution in [0.5, 0.6) is 0 Å². The van der Waals surface area contributed by atoms with Crippen molar-refractivity contribution in [3.8, 4) is 0 Å². The standard InChI is InChI=1S/C10H10F2N2O4/c11-5-2-14(10(18)13-9(5)17)6-1-7(16)4(3-15)8(6)12/h2,6-7,15-16H,1,3H2,(H,13,17,18)/t6-,7+/m0/s1. The van der Waals surface area contributed by atoms with Crippen molar-refractivity contribution < 1.29 is 19.0 Å². The van der Waals surface area contributed by atoms with E-state index in [4.69, 9.17) is 5.11 Å². The molecule has 0 aromatic carbocycles. The van der Waals surface area contributed by atoms with Gasteiger partial charge in [0.25, 0.3) is 5.56 Å². The van der Waals surface area contributed by atoms with Crippen LogP contribution in [0.2, 0.25) is 0 Å². The van der Waals surface area contributed by atoms with Crippen molar-refractivity contribution in [3.05, 3.63) is 44.3 Å². The number of aliphatic hydroxyl groups is 2. The lowest BCUT2D eigenvalue weighted by atomic mass is 10.2. The second-order valence-electron chi connectivity index (χ2n) is 3.94. The molecule has 0 fully saturated rings. The van der Waals surface area contributed by atoms with E-state index in [-0.39, 0.29) is 12.0 Å². The van der Waals surface area contributed by atoms with Crippen LogP contribution in [-0.4, -0.2) is 32.5 Å². The molecule has 0 amide bonds. The average molecular weight is 260 g/mol. The maximum Gasteiger partial charge on any atom is 0.329 e. The summed E-state index contributed by atoms with van der Waals surface area (Å²) in [6.45, 7) is -0.690. The van der Waals surface area contributed by atoms with E-state index in [1.54, 1.807) is 4.98 Å². The predicted molar refractivity (Wildman–Crippen MR) is 56.2 cm³/mol. The Morgan fingerprint density at radius 1 is 1.44 bits per heavy atom. The molecule has 1 heterocycles. The third-order valence-corrected chi connectivity index (χ3v) is 2.88. The molecule has 2 atom stereocenters. The van der Waals surface area contributed by atoms with Crippen LogP contribution in [0.15, 0.2) is 27.2 Å². The van der Waals surface area contributed by atoms with Gasteiger partial charge in [-0.15, -0.1) is 0 Å². The molecular formula is C10H10F2N2O4. The highest BCUT2D eigenvalue weighted by Crippen LogP contribution is 2.35. The smallest absolute Gasteiger partial charge is 0.329 e. The van der Waals surface area contributed by atoms with Crippen LogP contribution in [-0.2, 0) is 0 Å². The van der Waals surface area contributed by atoms with Gasteiger partial charge in [-0.25, -0.2) is 9.18 Å². The van der Waals surface area contributed by atoms with Crippen LogP contribution in [0.3, 0.4) is 0 Å². The van der Waals surface area contributed by atoms with Crippen LogP contribution < -0.4 is 11.2 Å². The lowest BCUT2D eigenvalue weighted by Gasteiger charge is -2.12. The number of aromatic amines is 1. The maximum absolute atomic E-state index is 13.8. The molecular weight excluding hydrogens is 250 g/mol. The summed E-state index contributed by atoms with van der Waals surface area (Å²) >= 11 is 0. The van der Waals surface area contributed by atoms with Crippen molar-refractivity contribution in [1.29, 1.82) is 0 Å². The zero-order valence-corrected chi connectivity index (χ0v) is 9.06. The van der Waals surface area contributed by atoms with Crippen molar-refractivity contribution in [2.75, 3.05) is 6.61 Å². The largest absolute Gasteiger partial charge is 0.392 e. The van der Waals surface area contributed by atoms with Gasteiger partial charge in [-0.2, -0.15) is 4.39 Å². The summed E-state index contributed by atoms with van der Waals surface area (Å²) in [5.74, 6) is -2.12. The Bertz CT molecular complexity index is 619. The molecule has 0 unspecified atom stereocenters. The van der Waals surface area contributed by atoms with Crippen molar-refractivity contribution in [2.45, 2.75) is 18.6 Å². The molecule has 1 aliphatic rings. The molecule has 0 bridgehead atoms. The zero-order valence-electron chi connectivity index (χ0n) is 9.06. The Balaban J connectivity index is 2.52. The first kappa shape index (κ1) is 12.7. The second kappa shape index (κ2) is 4.46. The zero-order chi connectivity index (χ0) is 13.4. The van der Waals surface area contributed by atoms with E-state index in [0.29, 0.717) is 10.8 Å². The fourth-order valence-corrected chi connectivity index (χ4v) is 1.94. The molecule has 8 heteroatoms. The van der Waals surface area contributed by atoms with E-state index in [1.165, 1.54) is 0 Å². The summed E-state index contributed by atoms with van der Waals surface area (Å²) in [6.07, 6.45) is -0.854. The fraction of sp³-hybridized carbons (Fsp3) is 0.400. The molecule has 1 aromatic rings. The van der Waals surface area contributed by atoms with Gasteiger partial charge in [0.1, 0.15) is 5.83 Å². The van der Waals surface area contributed by atoms with Crippen molar-refractivity contribution >= 4 is 0 Å². The summed E-state index contributed by atoms with van der Waals surface area (Å²) in [4.78, 5) is 24.0. The molecule has 0 saturated carbocycles. The van der Waals surface area contributed by atoms with Gasteiger partial charge in [0.2, 0.25) is 5.82 Å². The minimum absolute atomic E-state index is 0.201. The van der Waals surface area contributed by atoms with E-state index in [2.05, 4.69) is 0 Å². The number of nitrogens with zero attached hydrogens (tertiary/aromatic N) is 1. The van der Waals surface area contributed by atoms with Gasteiger partial charge >= 0.3 is 5.69 Å². The Labute approximate surface area is 98.8 Å². The van der Waals surface area contributed by atoms with Crippen LogP contribution in [0.4, 0.5) is 8.78 Å². The molecule has 0 radical (unpaired) electrons. The van der Waals surface area contributed by atoms with E-state index < -0.39 is 41.6 Å². The molecule has 3 N–H and O–H groups in total. The van der Waals surface area contributed by atoms with Crippen molar-refractivity contribution in [2.24, 2.45) is 0 Å². The Morgan fingerprint density at radius 2 is 2.11 bits per heavy atom. The van der Waals surface area contributed by atoms with Crippen molar-refractivity contribution in [3.63, 3.8) is 0 Å². The van der Waals surface area contributed by atoms with Crippen LogP contribution in [0.1, 0.15) is 12.5 Å². The molecule has 1 aromatic heterocycles. The molecule has 0 saturated heterocycles. The Kier molecular flexibility index (Phi) is 3.14. The van der Waals surface area contributed by atoms with Gasteiger partial charge in [0.15, 0.2) is 0 Å². The minimum atomic E-state index is -1.23. The number of nitrogens with one attached hydrogen (secondary N) is 1. The molecule has 98 valence electrons. The summed E-state index contributed by atoms with van der Waals surface area (Å²) in [7, 11) is 0. The third kappa shape index (κ3) is 1.89. The highest BCUT2D eigenvalue weighted by atomic mass is 19.1. The molecule has 0 spiro atoms. The summed E-state index contributed by atoms with van der Waals surface area (Å²) in [5, 5.41) is 18.3. The van der Waals surface area contributed by atoms with E-state index >= 15 is 0 Å². The maximum atomic E-state index is 13.8. The summed E-state index contributed by atoms with van der Waals surface area (Å²) in [6, 6.07) is -1.22. The lowest BCUT2D eigenvalue weighted by Crippen LogP contribution is -2.33. The SMILES string of the molecule is O=c1[nH]c(=O)n([C@H]2C[C@@H](O)C(CO)=C2F)cc1F. The molecule has 6 nitrogen and oxygen atoms in total. The third-order valence-electron chi connectivity index (χ3n) is 2.88. The predicted octanol–water partition coefficient (Wildman–Crippen LogP) is -0.803. The summed E-state index contributed by atoms with van der Waals surface area (Å²) in [5.41, 5.74) is -2.41. The van der Waals surface area contributed by atoms with E-state index in [9.17, 15) is 23.5 Å². The Hall–Kier alpha value is -1.80.